The van der Waals surface area contributed by atoms with Crippen LogP contribution < -0.4 is 4.74 Å². The molecular weight excluding hydrogens is 296 g/mol. The van der Waals surface area contributed by atoms with Gasteiger partial charge in [0.25, 0.3) is 0 Å². The molecule has 1 aliphatic heterocycles. The van der Waals surface area contributed by atoms with Gasteiger partial charge in [0, 0.05) is 11.5 Å². The molecule has 2 nitrogen and oxygen atoms in total. The third-order valence-electron chi connectivity index (χ3n) is 7.53. The molecule has 0 unspecified atom stereocenters. The Morgan fingerprint density at radius 2 is 2.00 bits per heavy atom. The van der Waals surface area contributed by atoms with Gasteiger partial charge in [0.15, 0.2) is 0 Å². The second-order valence-corrected chi connectivity index (χ2v) is 9.61. The number of hydrogen-bond acceptors (Lipinski definition) is 2. The first-order valence-electron chi connectivity index (χ1n) is 9.76. The number of benzene rings is 1. The van der Waals surface area contributed by atoms with E-state index in [1.807, 2.05) is 0 Å². The summed E-state index contributed by atoms with van der Waals surface area (Å²) in [6.45, 7) is 11.6. The number of hydrogen-bond donors (Lipinski definition) is 1. The lowest BCUT2D eigenvalue weighted by Gasteiger charge is -2.62. The summed E-state index contributed by atoms with van der Waals surface area (Å²) in [7, 11) is 0. The van der Waals surface area contributed by atoms with Crippen molar-refractivity contribution in [3.05, 3.63) is 29.3 Å². The number of rotatable bonds is 4. The van der Waals surface area contributed by atoms with Crippen LogP contribution in [0.2, 0.25) is 0 Å². The first kappa shape index (κ1) is 16.4. The lowest BCUT2D eigenvalue weighted by molar-refractivity contribution is -0.190. The molecule has 0 spiro atoms. The van der Waals surface area contributed by atoms with Crippen LogP contribution in [-0.4, -0.2) is 17.3 Å². The molecule has 5 atom stereocenters. The van der Waals surface area contributed by atoms with E-state index in [-0.39, 0.29) is 23.0 Å². The standard InChI is InChI=1S/C22H32O2/c1-6-7-10-21(2,3)13-8-9-14-17(11-13)24-20-18(14)15-12-16(19(20)23)22(15,4)5/h8-9,11,15-16,18-20,23H,6-7,10,12H2,1-5H3/t15-,16+,18-,19+,20-/m1/s1. The molecule has 2 heteroatoms. The van der Waals surface area contributed by atoms with Crippen LogP contribution in [0.4, 0.5) is 0 Å². The maximum atomic E-state index is 10.8. The Morgan fingerprint density at radius 3 is 2.67 bits per heavy atom. The van der Waals surface area contributed by atoms with Gasteiger partial charge in [-0.2, -0.15) is 0 Å². The van der Waals surface area contributed by atoms with E-state index in [9.17, 15) is 5.11 Å². The van der Waals surface area contributed by atoms with Gasteiger partial charge in [-0.1, -0.05) is 59.6 Å². The van der Waals surface area contributed by atoms with E-state index in [2.05, 4.69) is 52.8 Å². The fraction of sp³-hybridized carbons (Fsp3) is 0.727. The van der Waals surface area contributed by atoms with Crippen molar-refractivity contribution in [3.63, 3.8) is 0 Å². The molecule has 3 saturated carbocycles. The molecule has 3 fully saturated rings. The SMILES string of the molecule is CCCCC(C)(C)c1ccc2c(c1)O[C@H]1[C@@H](O)[C@@H]3C[C@H]([C@@H]21)C3(C)C. The van der Waals surface area contributed by atoms with Crippen LogP contribution in [0.15, 0.2) is 18.2 Å². The summed E-state index contributed by atoms with van der Waals surface area (Å²) in [5.74, 6) is 2.46. The van der Waals surface area contributed by atoms with Gasteiger partial charge in [0.05, 0.1) is 6.10 Å². The van der Waals surface area contributed by atoms with Gasteiger partial charge in [-0.15, -0.1) is 0 Å². The summed E-state index contributed by atoms with van der Waals surface area (Å²) < 4.78 is 6.31. The minimum absolute atomic E-state index is 0.0224. The molecule has 0 saturated heterocycles. The normalized spacial score (nSPS) is 35.7. The van der Waals surface area contributed by atoms with Crippen molar-refractivity contribution in [3.8, 4) is 5.75 Å². The van der Waals surface area contributed by atoms with E-state index in [0.29, 0.717) is 17.8 Å². The number of aliphatic hydroxyl groups is 1. The van der Waals surface area contributed by atoms with Crippen molar-refractivity contribution >= 4 is 0 Å². The monoisotopic (exact) mass is 328 g/mol. The van der Waals surface area contributed by atoms with Crippen molar-refractivity contribution < 1.29 is 9.84 Å². The largest absolute Gasteiger partial charge is 0.487 e. The van der Waals surface area contributed by atoms with Gasteiger partial charge >= 0.3 is 0 Å². The van der Waals surface area contributed by atoms with Crippen LogP contribution in [0.3, 0.4) is 0 Å². The summed E-state index contributed by atoms with van der Waals surface area (Å²) in [5, 5.41) is 10.8. The molecule has 3 aliphatic carbocycles. The zero-order valence-electron chi connectivity index (χ0n) is 15.8. The van der Waals surface area contributed by atoms with Crippen LogP contribution >= 0.6 is 0 Å². The topological polar surface area (TPSA) is 29.5 Å². The van der Waals surface area contributed by atoms with Gasteiger partial charge in [-0.3, -0.25) is 0 Å². The first-order chi connectivity index (χ1) is 11.3. The predicted octanol–water partition coefficient (Wildman–Crippen LogP) is 5.04. The summed E-state index contributed by atoms with van der Waals surface area (Å²) in [6.07, 6.45) is 4.51. The summed E-state index contributed by atoms with van der Waals surface area (Å²) in [5.41, 5.74) is 3.13. The van der Waals surface area contributed by atoms with Crippen molar-refractivity contribution in [1.29, 1.82) is 0 Å². The molecular formula is C22H32O2. The molecule has 1 heterocycles. The molecule has 24 heavy (non-hydrogen) atoms. The highest BCUT2D eigenvalue weighted by atomic mass is 16.5. The number of aliphatic hydroxyl groups excluding tert-OH is 1. The minimum Gasteiger partial charge on any atom is -0.487 e. The second-order valence-electron chi connectivity index (χ2n) is 9.61. The Balaban J connectivity index is 1.66. The molecule has 4 aliphatic rings. The Kier molecular flexibility index (Phi) is 3.59. The zero-order valence-corrected chi connectivity index (χ0v) is 15.8. The highest BCUT2D eigenvalue weighted by Gasteiger charge is 2.65. The Morgan fingerprint density at radius 1 is 1.25 bits per heavy atom. The number of ether oxygens (including phenoxy) is 1. The molecule has 5 rings (SSSR count). The maximum Gasteiger partial charge on any atom is 0.132 e. The lowest BCUT2D eigenvalue weighted by Crippen LogP contribution is -2.63. The van der Waals surface area contributed by atoms with E-state index in [1.54, 1.807) is 0 Å². The Bertz CT molecular complexity index is 645. The van der Waals surface area contributed by atoms with E-state index in [0.717, 1.165) is 12.2 Å². The molecule has 0 aromatic heterocycles. The maximum absolute atomic E-state index is 10.8. The highest BCUT2D eigenvalue weighted by molar-refractivity contribution is 5.48. The van der Waals surface area contributed by atoms with Crippen LogP contribution in [0.5, 0.6) is 5.75 Å². The summed E-state index contributed by atoms with van der Waals surface area (Å²) in [4.78, 5) is 0. The smallest absolute Gasteiger partial charge is 0.132 e. The predicted molar refractivity (Wildman–Crippen MR) is 97.5 cm³/mol. The van der Waals surface area contributed by atoms with Gasteiger partial charge in [0.2, 0.25) is 0 Å². The van der Waals surface area contributed by atoms with E-state index >= 15 is 0 Å². The Labute approximate surface area is 146 Å². The average molecular weight is 328 g/mol. The quantitative estimate of drug-likeness (QED) is 0.839. The van der Waals surface area contributed by atoms with Crippen LogP contribution in [-0.2, 0) is 5.41 Å². The third-order valence-corrected chi connectivity index (χ3v) is 7.53. The fourth-order valence-electron chi connectivity index (χ4n) is 5.63. The van der Waals surface area contributed by atoms with Gasteiger partial charge in [-0.05, 0) is 47.1 Å². The van der Waals surface area contributed by atoms with Gasteiger partial charge in [0.1, 0.15) is 11.9 Å². The van der Waals surface area contributed by atoms with Gasteiger partial charge < -0.3 is 9.84 Å². The van der Waals surface area contributed by atoms with E-state index < -0.39 is 0 Å². The van der Waals surface area contributed by atoms with Gasteiger partial charge in [-0.25, -0.2) is 0 Å². The summed E-state index contributed by atoms with van der Waals surface area (Å²) in [6, 6.07) is 6.87. The van der Waals surface area contributed by atoms with Crippen molar-refractivity contribution in [2.45, 2.75) is 83.8 Å². The molecule has 1 aromatic carbocycles. The lowest BCUT2D eigenvalue weighted by atomic mass is 9.43. The molecule has 0 radical (unpaired) electrons. The second kappa shape index (κ2) is 5.24. The number of unbranched alkanes of at least 4 members (excludes halogenated alkanes) is 1. The van der Waals surface area contributed by atoms with E-state index in [4.69, 9.17) is 4.74 Å². The van der Waals surface area contributed by atoms with Crippen molar-refractivity contribution in [1.82, 2.24) is 0 Å². The first-order valence-corrected chi connectivity index (χ1v) is 9.76. The average Bonchev–Trinajstić information content (AvgIpc) is 2.92. The molecule has 132 valence electrons. The Hall–Kier alpha value is -1.02. The zero-order chi connectivity index (χ0) is 17.3. The molecule has 2 bridgehead atoms. The highest BCUT2D eigenvalue weighted by Crippen LogP contribution is 2.67. The third kappa shape index (κ3) is 2.11. The van der Waals surface area contributed by atoms with Crippen LogP contribution in [0.25, 0.3) is 0 Å². The fourth-order valence-corrected chi connectivity index (χ4v) is 5.63. The van der Waals surface area contributed by atoms with Crippen molar-refractivity contribution in [2.24, 2.45) is 17.3 Å². The number of fused-ring (bicyclic) bond motifs is 1. The molecule has 0 amide bonds. The van der Waals surface area contributed by atoms with Crippen molar-refractivity contribution in [2.75, 3.05) is 0 Å². The summed E-state index contributed by atoms with van der Waals surface area (Å²) >= 11 is 0. The van der Waals surface area contributed by atoms with E-state index in [1.165, 1.54) is 30.4 Å². The molecule has 1 aromatic rings. The molecule has 1 N–H and O–H groups in total. The minimum atomic E-state index is -0.320. The van der Waals surface area contributed by atoms with Crippen LogP contribution in [0, 0.1) is 17.3 Å². The van der Waals surface area contributed by atoms with Crippen LogP contribution in [0.1, 0.15) is 77.3 Å².